The fraction of sp³-hybridized carbons (Fsp3) is 0.667. The Morgan fingerprint density at radius 3 is 2.15 bits per heavy atom. The van der Waals surface area contributed by atoms with E-state index in [0.29, 0.717) is 30.6 Å². The van der Waals surface area contributed by atoms with Crippen molar-refractivity contribution in [3.05, 3.63) is 29.3 Å². The van der Waals surface area contributed by atoms with Gasteiger partial charge in [-0.05, 0) is 43.7 Å². The van der Waals surface area contributed by atoms with Gasteiger partial charge in [0, 0.05) is 18.6 Å². The zero-order valence-electron chi connectivity index (χ0n) is 15.9. The van der Waals surface area contributed by atoms with Crippen LogP contribution in [0.5, 0.6) is 5.75 Å². The minimum Gasteiger partial charge on any atom is -0.507 e. The molecule has 0 bridgehead atoms. The molecule has 27 heavy (non-hydrogen) atoms. The molecule has 4 rings (SSSR count). The van der Waals surface area contributed by atoms with Crippen molar-refractivity contribution in [1.29, 1.82) is 0 Å². The number of benzene rings is 1. The lowest BCUT2D eigenvalue weighted by Gasteiger charge is -2.42. The lowest BCUT2D eigenvalue weighted by Crippen LogP contribution is -2.53. The van der Waals surface area contributed by atoms with Gasteiger partial charge in [-0.3, -0.25) is 4.79 Å². The highest BCUT2D eigenvalue weighted by molar-refractivity contribution is 7.80. The first kappa shape index (κ1) is 18.9. The summed E-state index contributed by atoms with van der Waals surface area (Å²) >= 11 is -1.48. The maximum Gasteiger partial charge on any atom is 0.270 e. The Labute approximate surface area is 164 Å². The van der Waals surface area contributed by atoms with Gasteiger partial charge in [-0.1, -0.05) is 50.7 Å². The number of hydrogen-bond acceptors (Lipinski definition) is 3. The normalized spacial score (nSPS) is 23.4. The van der Waals surface area contributed by atoms with Gasteiger partial charge in [0.1, 0.15) is 5.75 Å². The number of rotatable bonds is 4. The summed E-state index contributed by atoms with van der Waals surface area (Å²) in [5.74, 6) is -0.287. The Hall–Kier alpha value is -1.40. The van der Waals surface area contributed by atoms with E-state index in [2.05, 4.69) is 4.31 Å². The molecule has 1 aromatic carbocycles. The summed E-state index contributed by atoms with van der Waals surface area (Å²) in [6, 6.07) is 5.81. The van der Waals surface area contributed by atoms with Crippen molar-refractivity contribution in [1.82, 2.24) is 8.61 Å². The van der Waals surface area contributed by atoms with Gasteiger partial charge < -0.3 is 5.11 Å². The van der Waals surface area contributed by atoms with Crippen LogP contribution in [0.2, 0.25) is 0 Å². The molecule has 1 aromatic rings. The molecule has 0 saturated heterocycles. The lowest BCUT2D eigenvalue weighted by molar-refractivity contribution is 0.0834. The summed E-state index contributed by atoms with van der Waals surface area (Å²) in [6.45, 7) is 0.456. The zero-order chi connectivity index (χ0) is 18.8. The van der Waals surface area contributed by atoms with Crippen LogP contribution in [0, 0.1) is 0 Å². The molecule has 148 valence electrons. The molecule has 1 atom stereocenters. The molecule has 3 aliphatic rings. The Morgan fingerprint density at radius 2 is 1.56 bits per heavy atom. The number of phenols is 1. The van der Waals surface area contributed by atoms with Crippen molar-refractivity contribution >= 4 is 17.1 Å². The van der Waals surface area contributed by atoms with Crippen molar-refractivity contribution in [2.75, 3.05) is 6.54 Å². The lowest BCUT2D eigenvalue weighted by atomic mass is 9.91. The van der Waals surface area contributed by atoms with Crippen LogP contribution >= 0.6 is 0 Å². The van der Waals surface area contributed by atoms with E-state index in [1.54, 1.807) is 12.1 Å². The maximum absolute atomic E-state index is 13.7. The summed E-state index contributed by atoms with van der Waals surface area (Å²) in [5, 5.41) is 10.2. The first-order chi connectivity index (χ1) is 13.2. The van der Waals surface area contributed by atoms with E-state index in [0.717, 1.165) is 31.2 Å². The first-order valence-corrected chi connectivity index (χ1v) is 11.6. The van der Waals surface area contributed by atoms with Crippen LogP contribution in [0.3, 0.4) is 0 Å². The third-order valence-electron chi connectivity index (χ3n) is 6.39. The monoisotopic (exact) mass is 390 g/mol. The summed E-state index contributed by atoms with van der Waals surface area (Å²) in [5.41, 5.74) is 1.19. The molecule has 0 aromatic heterocycles. The number of phenolic OH excluding ortho intramolecular Hbond substituents is 1. The molecule has 1 N–H and O–H groups in total. The van der Waals surface area contributed by atoms with Crippen molar-refractivity contribution in [3.8, 4) is 5.75 Å². The van der Waals surface area contributed by atoms with Gasteiger partial charge in [-0.2, -0.15) is 0 Å². The van der Waals surface area contributed by atoms with Crippen LogP contribution in [0.25, 0.3) is 0 Å². The maximum atomic E-state index is 13.7. The quantitative estimate of drug-likeness (QED) is 0.847. The molecule has 2 aliphatic carbocycles. The summed E-state index contributed by atoms with van der Waals surface area (Å²) in [7, 11) is 0. The van der Waals surface area contributed by atoms with Gasteiger partial charge in [0.25, 0.3) is 5.91 Å². The minimum absolute atomic E-state index is 0.00100. The molecule has 2 fully saturated rings. The largest absolute Gasteiger partial charge is 0.507 e. The number of fused-ring (bicyclic) bond motifs is 1. The number of hydrogen-bond donors (Lipinski definition) is 1. The zero-order valence-corrected chi connectivity index (χ0v) is 16.8. The second-order valence-corrected chi connectivity index (χ2v) is 9.47. The van der Waals surface area contributed by atoms with Gasteiger partial charge in [0.2, 0.25) is 11.2 Å². The summed E-state index contributed by atoms with van der Waals surface area (Å²) in [4.78, 5) is 13.1. The molecule has 6 heteroatoms. The highest BCUT2D eigenvalue weighted by atomic mass is 32.2. The predicted molar refractivity (Wildman–Crippen MR) is 107 cm³/mol. The summed E-state index contributed by atoms with van der Waals surface area (Å²) in [6.07, 6.45) is 12.2. The summed E-state index contributed by atoms with van der Waals surface area (Å²) < 4.78 is 17.4. The number of carbonyl (C=O) groups excluding carboxylic acids is 1. The Bertz CT molecular complexity index is 693. The van der Waals surface area contributed by atoms with Crippen molar-refractivity contribution in [2.24, 2.45) is 0 Å². The highest BCUT2D eigenvalue weighted by Crippen LogP contribution is 2.34. The SMILES string of the molecule is O=C1c2c(O)cccc2CCN1S(=O)N(C1CCCCC1)C1CCCCC1. The predicted octanol–water partition coefficient (Wildman–Crippen LogP) is 3.94. The van der Waals surface area contributed by atoms with Crippen LogP contribution in [-0.4, -0.2) is 42.5 Å². The topological polar surface area (TPSA) is 60.9 Å². The van der Waals surface area contributed by atoms with E-state index in [4.69, 9.17) is 0 Å². The van der Waals surface area contributed by atoms with Gasteiger partial charge in [-0.25, -0.2) is 12.8 Å². The van der Waals surface area contributed by atoms with Crippen LogP contribution in [0.15, 0.2) is 18.2 Å². The molecule has 1 heterocycles. The van der Waals surface area contributed by atoms with E-state index < -0.39 is 11.2 Å². The Balaban J connectivity index is 1.61. The van der Waals surface area contributed by atoms with Crippen LogP contribution in [0.1, 0.15) is 80.1 Å². The van der Waals surface area contributed by atoms with Gasteiger partial charge >= 0.3 is 0 Å². The second kappa shape index (κ2) is 8.31. The molecule has 0 radical (unpaired) electrons. The molecule has 0 spiro atoms. The number of nitrogens with zero attached hydrogens (tertiary/aromatic N) is 2. The van der Waals surface area contributed by atoms with Crippen LogP contribution < -0.4 is 0 Å². The molecular weight excluding hydrogens is 360 g/mol. The van der Waals surface area contributed by atoms with E-state index in [-0.39, 0.29) is 11.7 Å². The highest BCUT2D eigenvalue weighted by Gasteiger charge is 2.39. The van der Waals surface area contributed by atoms with E-state index in [1.165, 1.54) is 42.8 Å². The number of amides is 1. The van der Waals surface area contributed by atoms with Crippen molar-refractivity contribution < 1.29 is 14.1 Å². The van der Waals surface area contributed by atoms with Gasteiger partial charge in [0.15, 0.2) is 0 Å². The fourth-order valence-electron chi connectivity index (χ4n) is 4.98. The van der Waals surface area contributed by atoms with Gasteiger partial charge in [0.05, 0.1) is 5.56 Å². The minimum atomic E-state index is -1.48. The average Bonchev–Trinajstić information content (AvgIpc) is 2.70. The molecule has 5 nitrogen and oxygen atoms in total. The average molecular weight is 391 g/mol. The van der Waals surface area contributed by atoms with E-state index >= 15 is 0 Å². The molecule has 1 aliphatic heterocycles. The third-order valence-corrected chi connectivity index (χ3v) is 8.07. The van der Waals surface area contributed by atoms with E-state index in [1.807, 2.05) is 6.07 Å². The van der Waals surface area contributed by atoms with E-state index in [9.17, 15) is 14.1 Å². The molecule has 2 saturated carbocycles. The number of aromatic hydroxyl groups is 1. The molecular formula is C21H30N2O3S. The van der Waals surface area contributed by atoms with Gasteiger partial charge in [-0.15, -0.1) is 0 Å². The molecule has 1 unspecified atom stereocenters. The first-order valence-electron chi connectivity index (χ1n) is 10.5. The third kappa shape index (κ3) is 3.79. The van der Waals surface area contributed by atoms with Crippen LogP contribution in [-0.2, 0) is 17.6 Å². The number of carbonyl (C=O) groups is 1. The molecule has 1 amide bonds. The standard InChI is InChI=1S/C21H30N2O3S/c24-19-13-7-8-16-14-15-22(21(25)20(16)19)27(26)23(17-9-3-1-4-10-17)18-11-5-2-6-12-18/h7-8,13,17-18,24H,1-6,9-12,14-15H2. The van der Waals surface area contributed by atoms with Crippen molar-refractivity contribution in [2.45, 2.75) is 82.7 Å². The smallest absolute Gasteiger partial charge is 0.270 e. The Morgan fingerprint density at radius 1 is 0.963 bits per heavy atom. The van der Waals surface area contributed by atoms with Crippen molar-refractivity contribution in [3.63, 3.8) is 0 Å². The fourth-order valence-corrected chi connectivity index (χ4v) is 6.62. The van der Waals surface area contributed by atoms with Crippen LogP contribution in [0.4, 0.5) is 0 Å². The Kier molecular flexibility index (Phi) is 5.83. The second-order valence-electron chi connectivity index (χ2n) is 8.14.